The van der Waals surface area contributed by atoms with Gasteiger partial charge in [-0.25, -0.2) is 4.98 Å². The summed E-state index contributed by atoms with van der Waals surface area (Å²) in [5.41, 5.74) is 5.53. The van der Waals surface area contributed by atoms with Gasteiger partial charge in [0.2, 0.25) is 0 Å². The standard InChI is InChI=1S/C10H16N4O2S/c1-7(6-17-3)13(2)10-5-8(14(15)16)4-9(11)12-10/h4-5,7H,6H2,1-3H3,(H2,11,12). The lowest BCUT2D eigenvalue weighted by molar-refractivity contribution is -0.384. The van der Waals surface area contributed by atoms with Gasteiger partial charge in [0.05, 0.1) is 17.1 Å². The largest absolute Gasteiger partial charge is 0.383 e. The Hall–Kier alpha value is -1.50. The van der Waals surface area contributed by atoms with Crippen LogP contribution in [0.3, 0.4) is 0 Å². The van der Waals surface area contributed by atoms with Gasteiger partial charge in [-0.05, 0) is 13.2 Å². The molecule has 1 heterocycles. The zero-order valence-corrected chi connectivity index (χ0v) is 10.9. The molecule has 1 unspecified atom stereocenters. The molecule has 1 rings (SSSR count). The highest BCUT2D eigenvalue weighted by Gasteiger charge is 2.15. The van der Waals surface area contributed by atoms with Crippen LogP contribution in [0.1, 0.15) is 6.92 Å². The predicted octanol–water partition coefficient (Wildman–Crippen LogP) is 1.76. The first kappa shape index (κ1) is 13.6. The number of hydrogen-bond donors (Lipinski definition) is 1. The van der Waals surface area contributed by atoms with E-state index in [2.05, 4.69) is 4.98 Å². The Labute approximate surface area is 104 Å². The second-order valence-electron chi connectivity index (χ2n) is 3.78. The number of anilines is 2. The van der Waals surface area contributed by atoms with Crippen molar-refractivity contribution in [3.63, 3.8) is 0 Å². The zero-order chi connectivity index (χ0) is 13.0. The van der Waals surface area contributed by atoms with E-state index in [1.54, 1.807) is 11.8 Å². The zero-order valence-electron chi connectivity index (χ0n) is 10.1. The highest BCUT2D eigenvalue weighted by molar-refractivity contribution is 7.98. The normalized spacial score (nSPS) is 12.2. The smallest absolute Gasteiger partial charge is 0.276 e. The maximum Gasteiger partial charge on any atom is 0.276 e. The molecule has 0 amide bonds. The van der Waals surface area contributed by atoms with Crippen molar-refractivity contribution in [2.45, 2.75) is 13.0 Å². The summed E-state index contributed by atoms with van der Waals surface area (Å²) in [6.45, 7) is 2.03. The number of rotatable bonds is 5. The predicted molar refractivity (Wildman–Crippen MR) is 71.6 cm³/mol. The van der Waals surface area contributed by atoms with E-state index in [4.69, 9.17) is 5.73 Å². The number of thioether (sulfide) groups is 1. The average molecular weight is 256 g/mol. The fourth-order valence-corrected chi connectivity index (χ4v) is 2.09. The van der Waals surface area contributed by atoms with Gasteiger partial charge in [0.25, 0.3) is 5.69 Å². The molecule has 1 aromatic heterocycles. The Balaban J connectivity index is 3.01. The molecule has 7 heteroatoms. The molecule has 0 aliphatic carbocycles. The van der Waals surface area contributed by atoms with Crippen molar-refractivity contribution in [2.24, 2.45) is 0 Å². The van der Waals surface area contributed by atoms with Gasteiger partial charge in [0, 0.05) is 18.8 Å². The number of nitrogens with zero attached hydrogens (tertiary/aromatic N) is 3. The van der Waals surface area contributed by atoms with Gasteiger partial charge in [0.15, 0.2) is 0 Å². The lowest BCUT2D eigenvalue weighted by Gasteiger charge is -2.25. The van der Waals surface area contributed by atoms with Crippen molar-refractivity contribution >= 4 is 29.1 Å². The highest BCUT2D eigenvalue weighted by atomic mass is 32.2. The van der Waals surface area contributed by atoms with Gasteiger partial charge in [-0.1, -0.05) is 0 Å². The summed E-state index contributed by atoms with van der Waals surface area (Å²) < 4.78 is 0. The van der Waals surface area contributed by atoms with Crippen molar-refractivity contribution < 1.29 is 4.92 Å². The highest BCUT2D eigenvalue weighted by Crippen LogP contribution is 2.22. The molecule has 0 spiro atoms. The summed E-state index contributed by atoms with van der Waals surface area (Å²) in [5.74, 6) is 1.61. The van der Waals surface area contributed by atoms with E-state index in [1.807, 2.05) is 25.1 Å². The van der Waals surface area contributed by atoms with Gasteiger partial charge in [0.1, 0.15) is 11.6 Å². The maximum atomic E-state index is 10.7. The van der Waals surface area contributed by atoms with Crippen molar-refractivity contribution in [1.29, 1.82) is 0 Å². The summed E-state index contributed by atoms with van der Waals surface area (Å²) in [5, 5.41) is 10.7. The first-order chi connectivity index (χ1) is 7.95. The van der Waals surface area contributed by atoms with E-state index < -0.39 is 4.92 Å². The van der Waals surface area contributed by atoms with Crippen LogP contribution >= 0.6 is 11.8 Å². The maximum absolute atomic E-state index is 10.7. The van der Waals surface area contributed by atoms with Crippen LogP contribution in [0.4, 0.5) is 17.3 Å². The molecule has 0 aliphatic rings. The summed E-state index contributed by atoms with van der Waals surface area (Å²) in [6, 6.07) is 2.93. The minimum Gasteiger partial charge on any atom is -0.383 e. The summed E-state index contributed by atoms with van der Waals surface area (Å²) in [7, 11) is 1.85. The molecular weight excluding hydrogens is 240 g/mol. The molecule has 6 nitrogen and oxygen atoms in total. The van der Waals surface area contributed by atoms with Crippen LogP contribution in [0.15, 0.2) is 12.1 Å². The molecular formula is C10H16N4O2S. The number of aromatic nitrogens is 1. The first-order valence-electron chi connectivity index (χ1n) is 5.09. The van der Waals surface area contributed by atoms with E-state index in [9.17, 15) is 10.1 Å². The molecule has 0 aliphatic heterocycles. The molecule has 1 aromatic rings. The van der Waals surface area contributed by atoms with Crippen LogP contribution in [-0.2, 0) is 0 Å². The van der Waals surface area contributed by atoms with E-state index >= 15 is 0 Å². The van der Waals surface area contributed by atoms with Crippen molar-refractivity contribution in [1.82, 2.24) is 4.98 Å². The Kier molecular flexibility index (Phi) is 4.56. The van der Waals surface area contributed by atoms with Crippen LogP contribution in [0, 0.1) is 10.1 Å². The van der Waals surface area contributed by atoms with Crippen molar-refractivity contribution in [3.8, 4) is 0 Å². The Morgan fingerprint density at radius 1 is 1.65 bits per heavy atom. The van der Waals surface area contributed by atoms with Crippen molar-refractivity contribution in [3.05, 3.63) is 22.2 Å². The fraction of sp³-hybridized carbons (Fsp3) is 0.500. The number of nitrogens with two attached hydrogens (primary N) is 1. The first-order valence-corrected chi connectivity index (χ1v) is 6.48. The number of hydrogen-bond acceptors (Lipinski definition) is 6. The molecule has 2 N–H and O–H groups in total. The van der Waals surface area contributed by atoms with Gasteiger partial charge in [-0.3, -0.25) is 10.1 Å². The lowest BCUT2D eigenvalue weighted by atomic mass is 10.3. The second-order valence-corrected chi connectivity index (χ2v) is 4.69. The van der Waals surface area contributed by atoms with E-state index in [-0.39, 0.29) is 17.5 Å². The minimum absolute atomic E-state index is 0.0318. The van der Waals surface area contributed by atoms with Gasteiger partial charge in [-0.15, -0.1) is 0 Å². The lowest BCUT2D eigenvalue weighted by Crippen LogP contribution is -2.31. The Morgan fingerprint density at radius 3 is 2.82 bits per heavy atom. The molecule has 0 bridgehead atoms. The molecule has 0 saturated heterocycles. The van der Waals surface area contributed by atoms with E-state index in [0.29, 0.717) is 5.82 Å². The van der Waals surface area contributed by atoms with Crippen LogP contribution < -0.4 is 10.6 Å². The molecule has 0 aromatic carbocycles. The van der Waals surface area contributed by atoms with Crippen LogP contribution in [0.5, 0.6) is 0 Å². The van der Waals surface area contributed by atoms with Crippen LogP contribution in [-0.4, -0.2) is 35.0 Å². The summed E-state index contributed by atoms with van der Waals surface area (Å²) in [4.78, 5) is 16.3. The average Bonchev–Trinajstić information content (AvgIpc) is 2.27. The molecule has 17 heavy (non-hydrogen) atoms. The fourth-order valence-electron chi connectivity index (χ4n) is 1.39. The van der Waals surface area contributed by atoms with E-state index in [0.717, 1.165) is 5.75 Å². The molecule has 0 saturated carbocycles. The second kappa shape index (κ2) is 5.72. The Morgan fingerprint density at radius 2 is 2.29 bits per heavy atom. The minimum atomic E-state index is -0.464. The summed E-state index contributed by atoms with van der Waals surface area (Å²) in [6.07, 6.45) is 2.01. The van der Waals surface area contributed by atoms with Gasteiger partial charge >= 0.3 is 0 Å². The third-order valence-corrected chi connectivity index (χ3v) is 3.27. The van der Waals surface area contributed by atoms with E-state index in [1.165, 1.54) is 12.1 Å². The van der Waals surface area contributed by atoms with Crippen LogP contribution in [0.25, 0.3) is 0 Å². The molecule has 0 radical (unpaired) electrons. The third-order valence-electron chi connectivity index (χ3n) is 2.46. The molecule has 1 atom stereocenters. The van der Waals surface area contributed by atoms with Crippen molar-refractivity contribution in [2.75, 3.05) is 29.7 Å². The monoisotopic (exact) mass is 256 g/mol. The SMILES string of the molecule is CSCC(C)N(C)c1cc([N+](=O)[O-])cc(N)n1. The van der Waals surface area contributed by atoms with Gasteiger partial charge in [-0.2, -0.15) is 11.8 Å². The van der Waals surface area contributed by atoms with Crippen LogP contribution in [0.2, 0.25) is 0 Å². The Bertz CT molecular complexity index is 413. The molecule has 0 fully saturated rings. The third kappa shape index (κ3) is 3.48. The van der Waals surface area contributed by atoms with Gasteiger partial charge < -0.3 is 10.6 Å². The quantitative estimate of drug-likeness (QED) is 0.638. The number of pyridine rings is 1. The molecule has 94 valence electrons. The number of nitrogen functional groups attached to an aromatic ring is 1. The number of nitro groups is 1. The topological polar surface area (TPSA) is 85.3 Å². The summed E-state index contributed by atoms with van der Waals surface area (Å²) >= 11 is 1.71.